The van der Waals surface area contributed by atoms with Crippen molar-refractivity contribution in [2.45, 2.75) is 63.9 Å². The van der Waals surface area contributed by atoms with Gasteiger partial charge in [-0.2, -0.15) is 0 Å². The molecule has 0 bridgehead atoms. The number of piperidine rings is 1. The lowest BCUT2D eigenvalue weighted by Crippen LogP contribution is -2.47. The number of nitrogens with one attached hydrogen (secondary N) is 1. The molecule has 4 rings (SSSR count). The van der Waals surface area contributed by atoms with Gasteiger partial charge in [0.1, 0.15) is 0 Å². The van der Waals surface area contributed by atoms with Gasteiger partial charge < -0.3 is 24.8 Å². The number of benzene rings is 1. The van der Waals surface area contributed by atoms with Crippen LogP contribution in [-0.4, -0.2) is 91.7 Å². The van der Waals surface area contributed by atoms with Gasteiger partial charge in [0.05, 0.1) is 31.5 Å². The van der Waals surface area contributed by atoms with Crippen LogP contribution >= 0.6 is 0 Å². The maximum absolute atomic E-state index is 10.7. The molecule has 1 aromatic rings. The standard InChI is InChI=1S/C25H40N4O3/c1-2-26-25(29-13-10-23(11-14-29)32-19-24-8-5-15-31-24)27-16-22(30)18-28-12-9-20-6-3-4-7-21(20)17-28/h3-4,6-7,22-24,30H,2,5,8-19H2,1H3,(H,26,27). The fourth-order valence-electron chi connectivity index (χ4n) is 4.94. The number of hydrogen-bond acceptors (Lipinski definition) is 5. The third kappa shape index (κ3) is 6.67. The van der Waals surface area contributed by atoms with Crippen LogP contribution in [0.3, 0.4) is 0 Å². The second kappa shape index (κ2) is 12.0. The van der Waals surface area contributed by atoms with Gasteiger partial charge in [-0.15, -0.1) is 0 Å². The number of nitrogens with zero attached hydrogens (tertiary/aromatic N) is 3. The summed E-state index contributed by atoms with van der Waals surface area (Å²) in [6.45, 7) is 9.39. The molecule has 0 spiro atoms. The first kappa shape index (κ1) is 23.5. The lowest BCUT2D eigenvalue weighted by molar-refractivity contribution is -0.0367. The maximum atomic E-state index is 10.7. The minimum atomic E-state index is -0.457. The van der Waals surface area contributed by atoms with E-state index in [0.29, 0.717) is 25.3 Å². The SMILES string of the molecule is CCNC(=NCC(O)CN1CCc2ccccc2C1)N1CCC(OCC2CCCO2)CC1. The highest BCUT2D eigenvalue weighted by molar-refractivity contribution is 5.80. The Labute approximate surface area is 192 Å². The van der Waals surface area contributed by atoms with Gasteiger partial charge in [-0.1, -0.05) is 24.3 Å². The largest absolute Gasteiger partial charge is 0.390 e. The number of likely N-dealkylation sites (tertiary alicyclic amines) is 1. The van der Waals surface area contributed by atoms with E-state index in [4.69, 9.17) is 14.5 Å². The zero-order valence-electron chi connectivity index (χ0n) is 19.5. The molecule has 7 heteroatoms. The summed E-state index contributed by atoms with van der Waals surface area (Å²) in [6, 6.07) is 8.62. The molecule has 0 amide bonds. The third-order valence-corrected chi connectivity index (χ3v) is 6.75. The van der Waals surface area contributed by atoms with Crippen molar-refractivity contribution >= 4 is 5.96 Å². The van der Waals surface area contributed by atoms with Gasteiger partial charge in [-0.05, 0) is 50.2 Å². The Kier molecular flexibility index (Phi) is 8.79. The van der Waals surface area contributed by atoms with E-state index in [0.717, 1.165) is 84.0 Å². The Morgan fingerprint density at radius 1 is 1.22 bits per heavy atom. The van der Waals surface area contributed by atoms with Crippen molar-refractivity contribution in [3.8, 4) is 0 Å². The molecule has 0 saturated carbocycles. The number of rotatable bonds is 8. The van der Waals surface area contributed by atoms with E-state index in [9.17, 15) is 5.11 Å². The van der Waals surface area contributed by atoms with E-state index in [1.165, 1.54) is 11.1 Å². The third-order valence-electron chi connectivity index (χ3n) is 6.75. The zero-order chi connectivity index (χ0) is 22.2. The van der Waals surface area contributed by atoms with Crippen molar-refractivity contribution < 1.29 is 14.6 Å². The van der Waals surface area contributed by atoms with E-state index in [-0.39, 0.29) is 0 Å². The lowest BCUT2D eigenvalue weighted by atomic mass is 10.00. The van der Waals surface area contributed by atoms with E-state index in [1.54, 1.807) is 0 Å². The average molecular weight is 445 g/mol. The fourth-order valence-corrected chi connectivity index (χ4v) is 4.94. The fraction of sp³-hybridized carbons (Fsp3) is 0.720. The number of β-amino-alcohol motifs (C(OH)–C–C–N with tert-alkyl or cyclic N) is 1. The molecular formula is C25H40N4O3. The van der Waals surface area contributed by atoms with Gasteiger partial charge in [0.2, 0.25) is 0 Å². The number of aliphatic hydroxyl groups excluding tert-OH is 1. The van der Waals surface area contributed by atoms with Crippen LogP contribution in [0.1, 0.15) is 43.7 Å². The summed E-state index contributed by atoms with van der Waals surface area (Å²) < 4.78 is 11.8. The number of fused-ring (bicyclic) bond motifs is 1. The van der Waals surface area contributed by atoms with Gasteiger partial charge >= 0.3 is 0 Å². The lowest BCUT2D eigenvalue weighted by Gasteiger charge is -2.34. The van der Waals surface area contributed by atoms with Gasteiger partial charge in [-0.25, -0.2) is 0 Å². The molecule has 0 aliphatic carbocycles. The van der Waals surface area contributed by atoms with Crippen LogP contribution in [0.2, 0.25) is 0 Å². The Bertz CT molecular complexity index is 730. The van der Waals surface area contributed by atoms with Crippen molar-refractivity contribution in [3.05, 3.63) is 35.4 Å². The molecule has 3 aliphatic heterocycles. The molecule has 2 N–H and O–H groups in total. The van der Waals surface area contributed by atoms with Crippen LogP contribution in [0, 0.1) is 0 Å². The van der Waals surface area contributed by atoms with E-state index in [1.807, 2.05) is 0 Å². The zero-order valence-corrected chi connectivity index (χ0v) is 19.5. The summed E-state index contributed by atoms with van der Waals surface area (Å²) in [5.74, 6) is 0.910. The first-order valence-electron chi connectivity index (χ1n) is 12.4. The molecule has 2 fully saturated rings. The topological polar surface area (TPSA) is 69.6 Å². The highest BCUT2D eigenvalue weighted by atomic mass is 16.5. The number of aliphatic imine (C=N–C) groups is 1. The van der Waals surface area contributed by atoms with Crippen molar-refractivity contribution in [1.82, 2.24) is 15.1 Å². The quantitative estimate of drug-likeness (QED) is 0.472. The van der Waals surface area contributed by atoms with Gasteiger partial charge in [0, 0.05) is 45.9 Å². The smallest absolute Gasteiger partial charge is 0.194 e. The second-order valence-electron chi connectivity index (χ2n) is 9.26. The summed E-state index contributed by atoms with van der Waals surface area (Å²) in [5.41, 5.74) is 2.82. The number of ether oxygens (including phenoxy) is 2. The molecule has 2 unspecified atom stereocenters. The summed E-state index contributed by atoms with van der Waals surface area (Å²) in [5, 5.41) is 14.1. The monoisotopic (exact) mass is 444 g/mol. The molecule has 3 aliphatic rings. The summed E-state index contributed by atoms with van der Waals surface area (Å²) in [6.07, 6.45) is 5.50. The van der Waals surface area contributed by atoms with E-state index in [2.05, 4.69) is 46.3 Å². The van der Waals surface area contributed by atoms with Gasteiger partial charge in [-0.3, -0.25) is 9.89 Å². The van der Waals surface area contributed by atoms with Gasteiger partial charge in [0.25, 0.3) is 0 Å². The predicted molar refractivity (Wildman–Crippen MR) is 127 cm³/mol. The Morgan fingerprint density at radius 3 is 2.78 bits per heavy atom. The molecule has 32 heavy (non-hydrogen) atoms. The molecule has 0 radical (unpaired) electrons. The summed E-state index contributed by atoms with van der Waals surface area (Å²) in [4.78, 5) is 9.42. The van der Waals surface area contributed by atoms with Crippen LogP contribution in [0.25, 0.3) is 0 Å². The molecule has 1 aromatic carbocycles. The second-order valence-corrected chi connectivity index (χ2v) is 9.26. The van der Waals surface area contributed by atoms with Crippen molar-refractivity contribution in [1.29, 1.82) is 0 Å². The first-order chi connectivity index (χ1) is 15.7. The predicted octanol–water partition coefficient (Wildman–Crippen LogP) is 2.03. The number of hydrogen-bond donors (Lipinski definition) is 2. The molecule has 2 saturated heterocycles. The molecule has 0 aromatic heterocycles. The van der Waals surface area contributed by atoms with E-state index >= 15 is 0 Å². The molecule has 2 atom stereocenters. The van der Waals surface area contributed by atoms with Crippen molar-refractivity contribution in [3.63, 3.8) is 0 Å². The van der Waals surface area contributed by atoms with Crippen molar-refractivity contribution in [2.75, 3.05) is 52.5 Å². The molecule has 3 heterocycles. The van der Waals surface area contributed by atoms with Crippen LogP contribution in [0.15, 0.2) is 29.3 Å². The highest BCUT2D eigenvalue weighted by Crippen LogP contribution is 2.19. The summed E-state index contributed by atoms with van der Waals surface area (Å²) >= 11 is 0. The Hall–Kier alpha value is -1.67. The summed E-state index contributed by atoms with van der Waals surface area (Å²) in [7, 11) is 0. The normalized spacial score (nSPS) is 23.9. The van der Waals surface area contributed by atoms with E-state index < -0.39 is 6.10 Å². The molecule has 178 valence electrons. The van der Waals surface area contributed by atoms with Crippen LogP contribution in [0.4, 0.5) is 0 Å². The Morgan fingerprint density at radius 2 is 2.03 bits per heavy atom. The molecule has 7 nitrogen and oxygen atoms in total. The van der Waals surface area contributed by atoms with Gasteiger partial charge in [0.15, 0.2) is 5.96 Å². The number of guanidine groups is 1. The van der Waals surface area contributed by atoms with Crippen LogP contribution in [0.5, 0.6) is 0 Å². The molecular weight excluding hydrogens is 404 g/mol. The maximum Gasteiger partial charge on any atom is 0.194 e. The highest BCUT2D eigenvalue weighted by Gasteiger charge is 2.24. The Balaban J connectivity index is 1.21. The van der Waals surface area contributed by atoms with Crippen LogP contribution in [-0.2, 0) is 22.4 Å². The minimum Gasteiger partial charge on any atom is -0.390 e. The first-order valence-corrected chi connectivity index (χ1v) is 12.4. The van der Waals surface area contributed by atoms with Crippen molar-refractivity contribution in [2.24, 2.45) is 4.99 Å². The number of aliphatic hydroxyl groups is 1. The van der Waals surface area contributed by atoms with Crippen LogP contribution < -0.4 is 5.32 Å². The minimum absolute atomic E-state index is 0.293. The average Bonchev–Trinajstić information content (AvgIpc) is 3.34.